The Hall–Kier alpha value is -2.30. The number of carboxylic acid groups (broad SMARTS) is 1. The minimum Gasteiger partial charge on any atom is -0.497 e. The van der Waals surface area contributed by atoms with E-state index in [0.29, 0.717) is 5.75 Å². The molecule has 0 aliphatic rings. The average molecular weight is 235 g/mol. The summed E-state index contributed by atoms with van der Waals surface area (Å²) in [6.07, 6.45) is 2.88. The van der Waals surface area contributed by atoms with E-state index in [2.05, 4.69) is 5.32 Å². The standard InChI is InChI=1S/C12H13NO4/c1-3-4-11(14)13-10-7-8(17-2)5-6-9(10)12(15)16/h3-7H,1-2H3,(H,13,14)(H,15,16)/b4-3+. The molecule has 0 spiro atoms. The summed E-state index contributed by atoms with van der Waals surface area (Å²) in [5.41, 5.74) is 0.226. The fourth-order valence-electron chi connectivity index (χ4n) is 1.27. The molecule has 5 heteroatoms. The number of hydrogen-bond acceptors (Lipinski definition) is 3. The first-order chi connectivity index (χ1) is 8.08. The Labute approximate surface area is 98.7 Å². The van der Waals surface area contributed by atoms with Gasteiger partial charge in [-0.25, -0.2) is 4.79 Å². The van der Waals surface area contributed by atoms with Crippen molar-refractivity contribution in [3.05, 3.63) is 35.9 Å². The molecule has 0 aliphatic carbocycles. The van der Waals surface area contributed by atoms with Crippen molar-refractivity contribution in [1.82, 2.24) is 0 Å². The Morgan fingerprint density at radius 2 is 2.12 bits per heavy atom. The Kier molecular flexibility index (Phi) is 4.28. The number of carbonyl (C=O) groups is 2. The van der Waals surface area contributed by atoms with Gasteiger partial charge in [0, 0.05) is 6.07 Å². The molecule has 1 aromatic carbocycles. The van der Waals surface area contributed by atoms with Crippen LogP contribution in [0.25, 0.3) is 0 Å². The number of anilines is 1. The van der Waals surface area contributed by atoms with Gasteiger partial charge in [-0.2, -0.15) is 0 Å². The van der Waals surface area contributed by atoms with E-state index in [4.69, 9.17) is 9.84 Å². The van der Waals surface area contributed by atoms with Crippen LogP contribution >= 0.6 is 0 Å². The zero-order valence-corrected chi connectivity index (χ0v) is 9.56. The van der Waals surface area contributed by atoms with Gasteiger partial charge < -0.3 is 15.2 Å². The van der Waals surface area contributed by atoms with Crippen molar-refractivity contribution in [3.63, 3.8) is 0 Å². The van der Waals surface area contributed by atoms with E-state index < -0.39 is 5.97 Å². The number of amides is 1. The maximum absolute atomic E-state index is 11.4. The molecule has 1 rings (SSSR count). The monoisotopic (exact) mass is 235 g/mol. The van der Waals surface area contributed by atoms with E-state index in [0.717, 1.165) is 0 Å². The number of methoxy groups -OCH3 is 1. The fourth-order valence-corrected chi connectivity index (χ4v) is 1.27. The summed E-state index contributed by atoms with van der Waals surface area (Å²) in [7, 11) is 1.47. The second kappa shape index (κ2) is 5.69. The van der Waals surface area contributed by atoms with E-state index in [9.17, 15) is 9.59 Å². The Bertz CT molecular complexity index is 466. The van der Waals surface area contributed by atoms with Crippen molar-refractivity contribution in [2.45, 2.75) is 6.92 Å². The van der Waals surface area contributed by atoms with Crippen molar-refractivity contribution in [3.8, 4) is 5.75 Å². The lowest BCUT2D eigenvalue weighted by Gasteiger charge is -2.08. The third-order valence-electron chi connectivity index (χ3n) is 2.03. The molecule has 1 amide bonds. The van der Waals surface area contributed by atoms with Gasteiger partial charge in [0.25, 0.3) is 0 Å². The zero-order valence-electron chi connectivity index (χ0n) is 9.56. The smallest absolute Gasteiger partial charge is 0.337 e. The summed E-state index contributed by atoms with van der Waals surface area (Å²) in [4.78, 5) is 22.3. The summed E-state index contributed by atoms with van der Waals surface area (Å²) < 4.78 is 4.97. The van der Waals surface area contributed by atoms with Gasteiger partial charge in [-0.15, -0.1) is 0 Å². The van der Waals surface area contributed by atoms with Crippen LogP contribution in [0.15, 0.2) is 30.4 Å². The number of nitrogens with one attached hydrogen (secondary N) is 1. The largest absolute Gasteiger partial charge is 0.497 e. The first-order valence-corrected chi connectivity index (χ1v) is 4.93. The van der Waals surface area contributed by atoms with Gasteiger partial charge in [0.15, 0.2) is 0 Å². The molecular formula is C12H13NO4. The molecule has 0 aromatic heterocycles. The molecule has 0 heterocycles. The summed E-state index contributed by atoms with van der Waals surface area (Å²) in [6.45, 7) is 1.70. The summed E-state index contributed by atoms with van der Waals surface area (Å²) in [5, 5.41) is 11.4. The number of hydrogen-bond donors (Lipinski definition) is 2. The highest BCUT2D eigenvalue weighted by atomic mass is 16.5. The third-order valence-corrected chi connectivity index (χ3v) is 2.03. The van der Waals surface area contributed by atoms with Crippen molar-refractivity contribution >= 4 is 17.6 Å². The molecule has 0 atom stereocenters. The molecule has 0 fully saturated rings. The highest BCUT2D eigenvalue weighted by molar-refractivity contribution is 6.04. The van der Waals surface area contributed by atoms with E-state index in [-0.39, 0.29) is 17.2 Å². The zero-order chi connectivity index (χ0) is 12.8. The molecule has 5 nitrogen and oxygen atoms in total. The number of carbonyl (C=O) groups excluding carboxylic acids is 1. The van der Waals surface area contributed by atoms with Gasteiger partial charge in [0.05, 0.1) is 18.4 Å². The number of carboxylic acids is 1. The minimum atomic E-state index is -1.11. The number of allylic oxidation sites excluding steroid dienone is 1. The second-order valence-corrected chi connectivity index (χ2v) is 3.21. The van der Waals surface area contributed by atoms with Crippen LogP contribution in [0.1, 0.15) is 17.3 Å². The summed E-state index contributed by atoms with van der Waals surface area (Å²) in [6, 6.07) is 4.37. The number of benzene rings is 1. The highest BCUT2D eigenvalue weighted by Gasteiger charge is 2.12. The molecule has 0 saturated carbocycles. The summed E-state index contributed by atoms with van der Waals surface area (Å²) in [5.74, 6) is -1.02. The Balaban J connectivity index is 3.09. The normalized spacial score (nSPS) is 10.2. The van der Waals surface area contributed by atoms with E-state index in [1.807, 2.05) is 0 Å². The molecule has 1 aromatic rings. The highest BCUT2D eigenvalue weighted by Crippen LogP contribution is 2.22. The van der Waals surface area contributed by atoms with Crippen LogP contribution in [0, 0.1) is 0 Å². The molecule has 0 unspecified atom stereocenters. The molecule has 90 valence electrons. The maximum atomic E-state index is 11.4. The molecular weight excluding hydrogens is 222 g/mol. The number of rotatable bonds is 4. The van der Waals surface area contributed by atoms with Gasteiger partial charge in [-0.1, -0.05) is 6.08 Å². The van der Waals surface area contributed by atoms with Crippen LogP contribution in [0.5, 0.6) is 5.75 Å². The minimum absolute atomic E-state index is 0.0173. The van der Waals surface area contributed by atoms with Gasteiger partial charge in [0.1, 0.15) is 5.75 Å². The average Bonchev–Trinajstić information content (AvgIpc) is 2.28. The predicted octanol–water partition coefficient (Wildman–Crippen LogP) is 1.91. The SMILES string of the molecule is C/C=C/C(=O)Nc1cc(OC)ccc1C(=O)O. The lowest BCUT2D eigenvalue weighted by Crippen LogP contribution is -2.12. The third kappa shape index (κ3) is 3.34. The molecule has 2 N–H and O–H groups in total. The number of ether oxygens (including phenoxy) is 1. The Morgan fingerprint density at radius 3 is 2.65 bits per heavy atom. The van der Waals surface area contributed by atoms with Crippen LogP contribution < -0.4 is 10.1 Å². The lowest BCUT2D eigenvalue weighted by molar-refractivity contribution is -0.111. The van der Waals surface area contributed by atoms with Crippen molar-refractivity contribution < 1.29 is 19.4 Å². The van der Waals surface area contributed by atoms with Crippen molar-refractivity contribution in [1.29, 1.82) is 0 Å². The summed E-state index contributed by atoms with van der Waals surface area (Å²) >= 11 is 0. The van der Waals surface area contributed by atoms with Crippen LogP contribution in [0.2, 0.25) is 0 Å². The number of aromatic carboxylic acids is 1. The fraction of sp³-hybridized carbons (Fsp3) is 0.167. The quantitative estimate of drug-likeness (QED) is 0.781. The topological polar surface area (TPSA) is 75.6 Å². The van der Waals surface area contributed by atoms with Gasteiger partial charge in [-0.05, 0) is 25.1 Å². The maximum Gasteiger partial charge on any atom is 0.337 e. The first kappa shape index (κ1) is 12.8. The molecule has 0 saturated heterocycles. The van der Waals surface area contributed by atoms with Gasteiger partial charge in [-0.3, -0.25) is 4.79 Å². The van der Waals surface area contributed by atoms with Crippen molar-refractivity contribution in [2.24, 2.45) is 0 Å². The lowest BCUT2D eigenvalue weighted by atomic mass is 10.1. The van der Waals surface area contributed by atoms with Crippen LogP contribution in [-0.2, 0) is 4.79 Å². The van der Waals surface area contributed by atoms with Crippen LogP contribution in [0.4, 0.5) is 5.69 Å². The van der Waals surface area contributed by atoms with Crippen molar-refractivity contribution in [2.75, 3.05) is 12.4 Å². The molecule has 0 aliphatic heterocycles. The predicted molar refractivity (Wildman–Crippen MR) is 63.4 cm³/mol. The molecule has 0 radical (unpaired) electrons. The Morgan fingerprint density at radius 1 is 1.41 bits per heavy atom. The van der Waals surface area contributed by atoms with Gasteiger partial charge in [0.2, 0.25) is 5.91 Å². The second-order valence-electron chi connectivity index (χ2n) is 3.21. The van der Waals surface area contributed by atoms with E-state index >= 15 is 0 Å². The van der Waals surface area contributed by atoms with Crippen LogP contribution in [-0.4, -0.2) is 24.1 Å². The van der Waals surface area contributed by atoms with E-state index in [1.54, 1.807) is 13.0 Å². The van der Waals surface area contributed by atoms with Gasteiger partial charge >= 0.3 is 5.97 Å². The molecule has 0 bridgehead atoms. The molecule has 17 heavy (non-hydrogen) atoms. The first-order valence-electron chi connectivity index (χ1n) is 4.93. The van der Waals surface area contributed by atoms with Crippen LogP contribution in [0.3, 0.4) is 0 Å². The van der Waals surface area contributed by atoms with E-state index in [1.165, 1.54) is 31.4 Å².